The number of methoxy groups -OCH3 is 2. The Morgan fingerprint density at radius 1 is 1.06 bits per heavy atom. The number of guanidine groups is 1. The van der Waals surface area contributed by atoms with E-state index >= 15 is 4.79 Å². The Morgan fingerprint density at radius 2 is 1.91 bits per heavy atom. The highest BCUT2D eigenvalue weighted by Gasteiger charge is 2.61. The summed E-state index contributed by atoms with van der Waals surface area (Å²) < 4.78 is 25.0. The maximum absolute atomic E-state index is 15.7. The lowest BCUT2D eigenvalue weighted by Crippen LogP contribution is -2.54. The number of carbonyl (C=O) groups excluding carboxylic acids is 1. The summed E-state index contributed by atoms with van der Waals surface area (Å²) in [5.74, 6) is 10.7. The van der Waals surface area contributed by atoms with Crippen molar-refractivity contribution < 1.29 is 39.1 Å². The number of hydrogen-bond acceptors (Lipinski definition) is 10. The first-order valence-electron chi connectivity index (χ1n) is 26.3. The summed E-state index contributed by atoms with van der Waals surface area (Å²) in [6.45, 7) is 3.02. The normalized spacial score (nSPS) is 35.6. The van der Waals surface area contributed by atoms with E-state index in [-0.39, 0.29) is 53.6 Å². The highest BCUT2D eigenvalue weighted by atomic mass is 16.6. The largest absolute Gasteiger partial charge is 0.504 e. The number of anilines is 1. The van der Waals surface area contributed by atoms with Gasteiger partial charge in [-0.05, 0) is 172 Å². The molecule has 4 saturated carbocycles. The molecule has 6 N–H and O–H groups in total. The zero-order chi connectivity index (χ0) is 49.0. The minimum absolute atomic E-state index is 0.000852. The van der Waals surface area contributed by atoms with Crippen molar-refractivity contribution in [3.05, 3.63) is 65.8 Å². The lowest BCUT2D eigenvalue weighted by Gasteiger charge is -2.58. The summed E-state index contributed by atoms with van der Waals surface area (Å²) in [7, 11) is 6.80. The molecule has 0 radical (unpaired) electrons. The van der Waals surface area contributed by atoms with Gasteiger partial charge in [-0.1, -0.05) is 55.9 Å². The number of rotatable bonds is 12. The molecule has 12 nitrogen and oxygen atoms in total. The van der Waals surface area contributed by atoms with Crippen molar-refractivity contribution in [2.75, 3.05) is 46.8 Å². The second kappa shape index (κ2) is 21.4. The molecule has 0 saturated heterocycles. The van der Waals surface area contributed by atoms with Crippen molar-refractivity contribution in [1.82, 2.24) is 10.6 Å². The van der Waals surface area contributed by atoms with Gasteiger partial charge in [-0.15, -0.1) is 0 Å². The Bertz CT molecular complexity index is 2450. The van der Waals surface area contributed by atoms with E-state index in [0.717, 1.165) is 81.8 Å². The standard InChI is InChI=1S/C58H76N4O8/c1-6-37-17-19-43-44(15-10-26-63)46-16-8-24-58(46)42-31-48(54-51(32-42)70-56(36-59-2)34-39(12-11-27-69-54)40(35-56)30-53(66)68-5)62-55(60-3)61-25-9-14-41-13-7-23-57(41,52(65)22-20-47(58)45(43)28-37)33-38-18-21-49(64)50(29-38)67-4/h17-22,29,31-32,37,39-41,43-47,53,59,63-64,66H,6-8,10,12-16,23-24,26,28,30,33-36H2,1-5H3,(H2,60,61,62)/b22-20+/t37-,39-,40-,41-,43-,44-,45+,46-,47-,53-,56+,57+,58+/m1/s1. The molecule has 4 bridgehead atoms. The minimum atomic E-state index is -0.888. The van der Waals surface area contributed by atoms with E-state index in [1.165, 1.54) is 0 Å². The Balaban J connectivity index is 1.26. The summed E-state index contributed by atoms with van der Waals surface area (Å²) in [5, 5.41) is 42.2. The molecule has 0 unspecified atom stereocenters. The molecule has 2 aromatic carbocycles. The lowest BCUT2D eigenvalue weighted by molar-refractivity contribution is -0.125. The Labute approximate surface area is 415 Å². The maximum Gasteiger partial charge on any atom is 0.207 e. The van der Waals surface area contributed by atoms with Gasteiger partial charge in [0.15, 0.2) is 29.3 Å². The molecule has 13 atom stereocenters. The number of nitrogens with one attached hydrogen (secondary N) is 3. The number of allylic oxidation sites excluding steroid dienone is 4. The summed E-state index contributed by atoms with van der Waals surface area (Å²) in [6, 6.07) is 13.2. The van der Waals surface area contributed by atoms with Crippen molar-refractivity contribution in [2.24, 2.45) is 63.7 Å². The van der Waals surface area contributed by atoms with Gasteiger partial charge >= 0.3 is 0 Å². The van der Waals surface area contributed by atoms with Gasteiger partial charge in [0, 0.05) is 63.4 Å². The Hall–Kier alpha value is -4.98. The maximum atomic E-state index is 15.7. The van der Waals surface area contributed by atoms with Gasteiger partial charge in [-0.25, -0.2) is 0 Å². The van der Waals surface area contributed by atoms with Crippen molar-refractivity contribution in [3.63, 3.8) is 0 Å². The Morgan fingerprint density at radius 3 is 2.70 bits per heavy atom. The number of benzene rings is 2. The SMILES string of the molecule is CC[C@@H]1C=C[C@@H]2[C@@H](CCCO)[C@H]3CCC[C@]34c3cc(c5c(c3)O[C@@]3(CNC)C[C@@H](CC#CO5)[C@H](C[C@H](O)OC)C3)NC(=NC)NC#CC[C@H]3CCC[C@@]3(Cc3ccc(O)c(OC)c3)C(=O)/C=C/[C@@H]4[C@H]2C1. The topological polar surface area (TPSA) is 163 Å². The van der Waals surface area contributed by atoms with Crippen molar-refractivity contribution in [3.8, 4) is 47.0 Å². The summed E-state index contributed by atoms with van der Waals surface area (Å²) in [4.78, 5) is 20.4. The number of hydrogen-bond donors (Lipinski definition) is 6. The van der Waals surface area contributed by atoms with Gasteiger partial charge in [0.25, 0.3) is 0 Å². The van der Waals surface area contributed by atoms with E-state index in [2.05, 4.69) is 82.2 Å². The smallest absolute Gasteiger partial charge is 0.207 e. The molecule has 4 fully saturated rings. The van der Waals surface area contributed by atoms with E-state index in [4.69, 9.17) is 18.9 Å². The number of nitrogens with zero attached hydrogens (tertiary/aromatic N) is 1. The second-order valence-corrected chi connectivity index (χ2v) is 21.7. The number of phenols is 1. The quantitative estimate of drug-likeness (QED) is 0.0686. The molecule has 2 heterocycles. The fraction of sp³-hybridized carbons (Fsp3) is 0.621. The predicted octanol–water partition coefficient (Wildman–Crippen LogP) is 8.64. The van der Waals surface area contributed by atoms with Crippen LogP contribution in [0.25, 0.3) is 0 Å². The number of carbonyl (C=O) groups is 1. The molecule has 0 amide bonds. The number of phenolic OH excluding ortho intramolecular Hbond substituents is 1. The molecular weight excluding hydrogens is 881 g/mol. The molecule has 12 heteroatoms. The first-order valence-corrected chi connectivity index (χ1v) is 26.3. The predicted molar refractivity (Wildman–Crippen MR) is 272 cm³/mol. The second-order valence-electron chi connectivity index (χ2n) is 21.7. The summed E-state index contributed by atoms with van der Waals surface area (Å²) in [5.41, 5.74) is 1.01. The van der Waals surface area contributed by atoms with Crippen LogP contribution < -0.4 is 30.2 Å². The highest BCUT2D eigenvalue weighted by Crippen LogP contribution is 2.66. The zero-order valence-corrected chi connectivity index (χ0v) is 42.0. The lowest BCUT2D eigenvalue weighted by atomic mass is 9.46. The molecule has 1 spiro atoms. The van der Waals surface area contributed by atoms with Crippen LogP contribution in [-0.4, -0.2) is 80.4 Å². The first kappa shape index (κ1) is 50.0. The third-order valence-electron chi connectivity index (χ3n) is 18.2. The van der Waals surface area contributed by atoms with Crippen LogP contribution in [0.5, 0.6) is 23.0 Å². The number of fused-ring (bicyclic) bond motifs is 9. The molecule has 2 aliphatic heterocycles. The van der Waals surface area contributed by atoms with Crippen LogP contribution in [-0.2, 0) is 21.4 Å². The third kappa shape index (κ3) is 9.47. The van der Waals surface area contributed by atoms with Gasteiger partial charge in [0.05, 0.1) is 12.8 Å². The van der Waals surface area contributed by atoms with E-state index in [9.17, 15) is 15.3 Å². The van der Waals surface area contributed by atoms with Crippen molar-refractivity contribution in [2.45, 2.75) is 127 Å². The van der Waals surface area contributed by atoms with E-state index in [0.29, 0.717) is 85.3 Å². The summed E-state index contributed by atoms with van der Waals surface area (Å²) in [6.07, 6.45) is 24.3. The number of likely N-dealkylation sites (N-methyl/N-ethyl adjacent to an activating group) is 1. The van der Waals surface area contributed by atoms with E-state index < -0.39 is 22.7 Å². The number of aliphatic hydroxyl groups excluding tert-OH is 2. The number of aromatic hydroxyl groups is 1. The van der Waals surface area contributed by atoms with Gasteiger partial charge in [0.1, 0.15) is 11.7 Å². The average Bonchev–Trinajstić information content (AvgIpc) is 4.08. The fourth-order valence-electron chi connectivity index (χ4n) is 15.1. The van der Waals surface area contributed by atoms with Crippen molar-refractivity contribution in [1.29, 1.82) is 0 Å². The van der Waals surface area contributed by atoms with Gasteiger partial charge in [-0.3, -0.25) is 15.1 Å². The van der Waals surface area contributed by atoms with E-state index in [1.54, 1.807) is 27.3 Å². The number of aliphatic hydroxyl groups is 2. The fourth-order valence-corrected chi connectivity index (χ4v) is 15.1. The molecular formula is C58H76N4O8. The Kier molecular flexibility index (Phi) is 15.3. The third-order valence-corrected chi connectivity index (χ3v) is 18.2. The summed E-state index contributed by atoms with van der Waals surface area (Å²) >= 11 is 0. The molecule has 7 aliphatic rings. The van der Waals surface area contributed by atoms with Crippen LogP contribution in [0, 0.1) is 82.7 Å². The molecule has 0 aromatic heterocycles. The van der Waals surface area contributed by atoms with Crippen LogP contribution in [0.3, 0.4) is 0 Å². The monoisotopic (exact) mass is 957 g/mol. The average molecular weight is 957 g/mol. The van der Waals surface area contributed by atoms with Gasteiger partial charge in [0.2, 0.25) is 11.7 Å². The van der Waals surface area contributed by atoms with Crippen LogP contribution in [0.2, 0.25) is 0 Å². The van der Waals surface area contributed by atoms with E-state index in [1.807, 2.05) is 25.3 Å². The van der Waals surface area contributed by atoms with Gasteiger partial charge < -0.3 is 44.9 Å². The van der Waals surface area contributed by atoms with Crippen LogP contribution in [0.1, 0.15) is 114 Å². The van der Waals surface area contributed by atoms with Crippen LogP contribution >= 0.6 is 0 Å². The van der Waals surface area contributed by atoms with Crippen LogP contribution in [0.4, 0.5) is 5.69 Å². The van der Waals surface area contributed by atoms with Crippen molar-refractivity contribution >= 4 is 17.4 Å². The number of aliphatic imine (C=N–C) groups is 1. The minimum Gasteiger partial charge on any atom is -0.504 e. The number of ketones is 1. The molecule has 5 aliphatic carbocycles. The molecule has 70 heavy (non-hydrogen) atoms. The number of ether oxygens (including phenoxy) is 4. The van der Waals surface area contributed by atoms with Crippen LogP contribution in [0.15, 0.2) is 59.6 Å². The highest BCUT2D eigenvalue weighted by molar-refractivity contribution is 5.97. The molecule has 9 rings (SSSR count). The zero-order valence-electron chi connectivity index (χ0n) is 42.0. The van der Waals surface area contributed by atoms with Gasteiger partial charge in [-0.2, -0.15) is 0 Å². The molecule has 376 valence electrons. The molecule has 2 aromatic rings. The first-order chi connectivity index (χ1) is 34.0.